The second-order valence-corrected chi connectivity index (χ2v) is 4.08. The largest absolute Gasteiger partial charge is 0.457 e. The molecule has 0 bridgehead atoms. The number of ether oxygens (including phenoxy) is 1. The first kappa shape index (κ1) is 15.2. The third kappa shape index (κ3) is 5.12. The Labute approximate surface area is 114 Å². The fourth-order valence-corrected chi connectivity index (χ4v) is 1.46. The molecular formula is C16H20O3. The van der Waals surface area contributed by atoms with E-state index in [0.29, 0.717) is 0 Å². The van der Waals surface area contributed by atoms with Crippen molar-refractivity contribution in [3.8, 4) is 11.5 Å². The zero-order chi connectivity index (χ0) is 14.1. The first-order chi connectivity index (χ1) is 9.19. The molecule has 0 spiro atoms. The number of aliphatic hydroxyl groups is 2. The second-order valence-electron chi connectivity index (χ2n) is 4.08. The molecule has 0 atom stereocenters. The van der Waals surface area contributed by atoms with Crippen LogP contribution in [-0.2, 0) is 0 Å². The van der Waals surface area contributed by atoms with Gasteiger partial charge in [-0.25, -0.2) is 0 Å². The standard InChI is InChI=1S/C14H14O.C2H6O2/c1-11-7-3-5-9-13(11)15-14-10-6-4-8-12(14)2;3-1-2-4/h3-10H,1-2H3;3-4H,1-2H2. The average molecular weight is 260 g/mol. The van der Waals surface area contributed by atoms with Crippen molar-refractivity contribution in [1.82, 2.24) is 0 Å². The SMILES string of the molecule is Cc1ccccc1Oc1ccccc1C.OCCO. The molecule has 0 aromatic heterocycles. The molecule has 0 saturated heterocycles. The molecular weight excluding hydrogens is 240 g/mol. The molecule has 2 aromatic carbocycles. The summed E-state index contributed by atoms with van der Waals surface area (Å²) in [6.45, 7) is 3.85. The Kier molecular flexibility index (Phi) is 6.64. The monoisotopic (exact) mass is 260 g/mol. The maximum atomic E-state index is 7.62. The summed E-state index contributed by atoms with van der Waals surface area (Å²) < 4.78 is 5.84. The zero-order valence-electron chi connectivity index (χ0n) is 11.3. The molecule has 2 aromatic rings. The molecule has 0 radical (unpaired) electrons. The van der Waals surface area contributed by atoms with Crippen molar-refractivity contribution < 1.29 is 14.9 Å². The van der Waals surface area contributed by atoms with Crippen molar-refractivity contribution in [2.45, 2.75) is 13.8 Å². The van der Waals surface area contributed by atoms with Gasteiger partial charge in [-0.1, -0.05) is 36.4 Å². The summed E-state index contributed by atoms with van der Waals surface area (Å²) in [5.74, 6) is 1.85. The van der Waals surface area contributed by atoms with Crippen molar-refractivity contribution in [2.75, 3.05) is 13.2 Å². The van der Waals surface area contributed by atoms with Crippen LogP contribution in [0, 0.1) is 13.8 Å². The molecule has 102 valence electrons. The Morgan fingerprint density at radius 1 is 0.737 bits per heavy atom. The summed E-state index contributed by atoms with van der Waals surface area (Å²) in [5.41, 5.74) is 2.31. The number of aliphatic hydroxyl groups excluding tert-OH is 2. The van der Waals surface area contributed by atoms with Gasteiger partial charge in [-0.15, -0.1) is 0 Å². The number of rotatable bonds is 3. The molecule has 3 nitrogen and oxygen atoms in total. The Balaban J connectivity index is 0.000000399. The van der Waals surface area contributed by atoms with E-state index in [-0.39, 0.29) is 13.2 Å². The lowest BCUT2D eigenvalue weighted by atomic mass is 10.2. The van der Waals surface area contributed by atoms with Gasteiger partial charge in [-0.2, -0.15) is 0 Å². The summed E-state index contributed by atoms with van der Waals surface area (Å²) in [6.07, 6.45) is 0. The Morgan fingerprint density at radius 2 is 1.11 bits per heavy atom. The summed E-state index contributed by atoms with van der Waals surface area (Å²) >= 11 is 0. The Morgan fingerprint density at radius 3 is 1.42 bits per heavy atom. The van der Waals surface area contributed by atoms with Gasteiger partial charge in [0.2, 0.25) is 0 Å². The van der Waals surface area contributed by atoms with E-state index in [9.17, 15) is 0 Å². The summed E-state index contributed by atoms with van der Waals surface area (Å²) in [7, 11) is 0. The number of aryl methyl sites for hydroxylation is 2. The van der Waals surface area contributed by atoms with Crippen molar-refractivity contribution >= 4 is 0 Å². The molecule has 0 unspecified atom stereocenters. The van der Waals surface area contributed by atoms with Crippen LogP contribution in [0.2, 0.25) is 0 Å². The number of para-hydroxylation sites is 2. The molecule has 0 amide bonds. The average Bonchev–Trinajstić information content (AvgIpc) is 2.44. The van der Waals surface area contributed by atoms with E-state index in [4.69, 9.17) is 14.9 Å². The van der Waals surface area contributed by atoms with Gasteiger partial charge in [-0.05, 0) is 37.1 Å². The fourth-order valence-electron chi connectivity index (χ4n) is 1.46. The lowest BCUT2D eigenvalue weighted by Gasteiger charge is -2.10. The van der Waals surface area contributed by atoms with Gasteiger partial charge in [0.05, 0.1) is 13.2 Å². The van der Waals surface area contributed by atoms with Gasteiger partial charge >= 0.3 is 0 Å². The van der Waals surface area contributed by atoms with Crippen LogP contribution in [0.5, 0.6) is 11.5 Å². The van der Waals surface area contributed by atoms with Gasteiger partial charge in [-0.3, -0.25) is 0 Å². The van der Waals surface area contributed by atoms with Crippen LogP contribution >= 0.6 is 0 Å². The van der Waals surface area contributed by atoms with Crippen LogP contribution in [0.3, 0.4) is 0 Å². The highest BCUT2D eigenvalue weighted by Gasteiger charge is 2.01. The molecule has 0 saturated carbocycles. The van der Waals surface area contributed by atoms with Crippen molar-refractivity contribution in [1.29, 1.82) is 0 Å². The molecule has 0 aliphatic carbocycles. The normalized spacial score (nSPS) is 9.47. The van der Waals surface area contributed by atoms with E-state index in [1.54, 1.807) is 0 Å². The highest BCUT2D eigenvalue weighted by molar-refractivity contribution is 5.40. The minimum absolute atomic E-state index is 0.125. The van der Waals surface area contributed by atoms with E-state index in [0.717, 1.165) is 22.6 Å². The predicted molar refractivity (Wildman–Crippen MR) is 76.6 cm³/mol. The highest BCUT2D eigenvalue weighted by atomic mass is 16.5. The van der Waals surface area contributed by atoms with E-state index in [1.807, 2.05) is 62.4 Å². The van der Waals surface area contributed by atoms with Crippen LogP contribution in [0.25, 0.3) is 0 Å². The minimum atomic E-state index is -0.125. The molecule has 2 N–H and O–H groups in total. The van der Waals surface area contributed by atoms with Crippen molar-refractivity contribution in [2.24, 2.45) is 0 Å². The summed E-state index contributed by atoms with van der Waals surface area (Å²) in [5, 5.41) is 15.2. The van der Waals surface area contributed by atoms with E-state index >= 15 is 0 Å². The molecule has 2 rings (SSSR count). The third-order valence-corrected chi connectivity index (χ3v) is 2.51. The van der Waals surface area contributed by atoms with Crippen LogP contribution in [0.15, 0.2) is 48.5 Å². The van der Waals surface area contributed by atoms with Gasteiger partial charge in [0.25, 0.3) is 0 Å². The molecule has 19 heavy (non-hydrogen) atoms. The van der Waals surface area contributed by atoms with Gasteiger partial charge in [0, 0.05) is 0 Å². The van der Waals surface area contributed by atoms with E-state index in [2.05, 4.69) is 0 Å². The van der Waals surface area contributed by atoms with Crippen LogP contribution in [0.4, 0.5) is 0 Å². The number of benzene rings is 2. The topological polar surface area (TPSA) is 49.7 Å². The summed E-state index contributed by atoms with van der Waals surface area (Å²) in [6, 6.07) is 16.1. The molecule has 0 aliphatic rings. The second kappa shape index (κ2) is 8.29. The number of hydrogen-bond acceptors (Lipinski definition) is 3. The predicted octanol–water partition coefficient (Wildman–Crippen LogP) is 3.07. The molecule has 3 heteroatoms. The minimum Gasteiger partial charge on any atom is -0.457 e. The fraction of sp³-hybridized carbons (Fsp3) is 0.250. The van der Waals surface area contributed by atoms with E-state index < -0.39 is 0 Å². The number of hydrogen-bond donors (Lipinski definition) is 2. The maximum absolute atomic E-state index is 7.62. The molecule has 0 aliphatic heterocycles. The Hall–Kier alpha value is -1.84. The van der Waals surface area contributed by atoms with Crippen LogP contribution in [-0.4, -0.2) is 23.4 Å². The lowest BCUT2D eigenvalue weighted by molar-refractivity contribution is 0.186. The van der Waals surface area contributed by atoms with Gasteiger partial charge < -0.3 is 14.9 Å². The van der Waals surface area contributed by atoms with E-state index in [1.165, 1.54) is 0 Å². The van der Waals surface area contributed by atoms with Crippen molar-refractivity contribution in [3.63, 3.8) is 0 Å². The van der Waals surface area contributed by atoms with Gasteiger partial charge in [0.1, 0.15) is 11.5 Å². The maximum Gasteiger partial charge on any atom is 0.130 e. The zero-order valence-corrected chi connectivity index (χ0v) is 11.3. The first-order valence-corrected chi connectivity index (χ1v) is 6.20. The highest BCUT2D eigenvalue weighted by Crippen LogP contribution is 2.26. The summed E-state index contributed by atoms with van der Waals surface area (Å²) in [4.78, 5) is 0. The quantitative estimate of drug-likeness (QED) is 0.891. The first-order valence-electron chi connectivity index (χ1n) is 6.20. The van der Waals surface area contributed by atoms with Crippen molar-refractivity contribution in [3.05, 3.63) is 59.7 Å². The molecule has 0 heterocycles. The van der Waals surface area contributed by atoms with Crippen LogP contribution < -0.4 is 4.74 Å². The molecule has 0 fully saturated rings. The van der Waals surface area contributed by atoms with Crippen LogP contribution in [0.1, 0.15) is 11.1 Å². The van der Waals surface area contributed by atoms with Gasteiger partial charge in [0.15, 0.2) is 0 Å². The lowest BCUT2D eigenvalue weighted by Crippen LogP contribution is -1.88. The third-order valence-electron chi connectivity index (χ3n) is 2.51. The smallest absolute Gasteiger partial charge is 0.130 e. The Bertz CT molecular complexity index is 449.